The number of nitrogens with zero attached hydrogens (tertiary/aromatic N) is 1. The summed E-state index contributed by atoms with van der Waals surface area (Å²) in [5, 5.41) is 12.2. The van der Waals surface area contributed by atoms with Gasteiger partial charge >= 0.3 is 0 Å². The van der Waals surface area contributed by atoms with Crippen molar-refractivity contribution in [2.45, 2.75) is 13.3 Å². The predicted octanol–water partition coefficient (Wildman–Crippen LogP) is 4.09. The number of phenolic OH excluding ortho intramolecular Hbond substituents is 1. The minimum atomic E-state index is -0.619. The number of aromatic hydroxyl groups is 1. The van der Waals surface area contributed by atoms with E-state index < -0.39 is 11.8 Å². The number of benzene rings is 2. The largest absolute Gasteiger partial charge is 0.505 e. The molecule has 0 bridgehead atoms. The Morgan fingerprint density at radius 3 is 2.30 bits per heavy atom. The molecule has 0 aliphatic carbocycles. The lowest BCUT2D eigenvalue weighted by atomic mass is 10.1. The number of halogens is 2. The Morgan fingerprint density at radius 2 is 1.74 bits per heavy atom. The monoisotopic (exact) mass is 420 g/mol. The molecule has 1 fully saturated rings. The van der Waals surface area contributed by atoms with Crippen molar-refractivity contribution in [2.75, 3.05) is 4.90 Å². The summed E-state index contributed by atoms with van der Waals surface area (Å²) < 4.78 is 0. The molecule has 1 aliphatic rings. The quantitative estimate of drug-likeness (QED) is 0.445. The van der Waals surface area contributed by atoms with Crippen molar-refractivity contribution in [1.82, 2.24) is 5.32 Å². The Bertz CT molecular complexity index is 964. The maximum Gasteiger partial charge on any atom is 0.270 e. The van der Waals surface area contributed by atoms with Gasteiger partial charge in [0, 0.05) is 0 Å². The summed E-state index contributed by atoms with van der Waals surface area (Å²) in [6.07, 6.45) is 2.22. The molecule has 1 heterocycles. The zero-order chi connectivity index (χ0) is 19.7. The Hall–Kier alpha value is -2.41. The van der Waals surface area contributed by atoms with Crippen LogP contribution in [-0.4, -0.2) is 22.0 Å². The van der Waals surface area contributed by atoms with E-state index in [1.165, 1.54) is 23.1 Å². The zero-order valence-electron chi connectivity index (χ0n) is 14.1. The smallest absolute Gasteiger partial charge is 0.270 e. The molecular formula is C19H14Cl2N2O3S. The molecule has 0 saturated carbocycles. The number of aryl methyl sites for hydroxylation is 1. The molecule has 0 radical (unpaired) electrons. The van der Waals surface area contributed by atoms with Gasteiger partial charge in [0.05, 0.1) is 15.7 Å². The molecule has 0 aromatic heterocycles. The van der Waals surface area contributed by atoms with Gasteiger partial charge in [0.2, 0.25) is 0 Å². The zero-order valence-corrected chi connectivity index (χ0v) is 16.5. The number of hydrogen-bond donors (Lipinski definition) is 2. The second-order valence-corrected chi connectivity index (χ2v) is 7.01. The highest BCUT2D eigenvalue weighted by molar-refractivity contribution is 7.80. The SMILES string of the molecule is CCc1ccc(N2C(=O)C(=Cc3cc(Cl)c(O)c(Cl)c3)C(=O)NC2=S)cc1. The highest BCUT2D eigenvalue weighted by atomic mass is 35.5. The van der Waals surface area contributed by atoms with Crippen LogP contribution in [0.3, 0.4) is 0 Å². The summed E-state index contributed by atoms with van der Waals surface area (Å²) in [5.41, 5.74) is 1.94. The van der Waals surface area contributed by atoms with Crippen molar-refractivity contribution < 1.29 is 14.7 Å². The maximum atomic E-state index is 12.9. The van der Waals surface area contributed by atoms with Gasteiger partial charge in [-0.3, -0.25) is 19.8 Å². The number of carbonyl (C=O) groups excluding carboxylic acids is 2. The fourth-order valence-electron chi connectivity index (χ4n) is 2.61. The van der Waals surface area contributed by atoms with E-state index in [1.54, 1.807) is 12.1 Å². The third kappa shape index (κ3) is 3.83. The van der Waals surface area contributed by atoms with E-state index in [0.717, 1.165) is 12.0 Å². The van der Waals surface area contributed by atoms with Crippen LogP contribution in [-0.2, 0) is 16.0 Å². The van der Waals surface area contributed by atoms with Crippen molar-refractivity contribution in [3.63, 3.8) is 0 Å². The number of anilines is 1. The molecule has 1 saturated heterocycles. The first-order chi connectivity index (χ1) is 12.8. The van der Waals surface area contributed by atoms with E-state index in [-0.39, 0.29) is 26.5 Å². The van der Waals surface area contributed by atoms with Crippen molar-refractivity contribution >= 4 is 64.1 Å². The summed E-state index contributed by atoms with van der Waals surface area (Å²) in [4.78, 5) is 26.5. The van der Waals surface area contributed by atoms with E-state index in [9.17, 15) is 14.7 Å². The van der Waals surface area contributed by atoms with Crippen LogP contribution in [0.1, 0.15) is 18.1 Å². The number of hydrogen-bond acceptors (Lipinski definition) is 4. The van der Waals surface area contributed by atoms with Crippen LogP contribution in [0.15, 0.2) is 42.0 Å². The molecule has 2 N–H and O–H groups in total. The molecule has 2 aromatic rings. The van der Waals surface area contributed by atoms with Crippen LogP contribution in [0.25, 0.3) is 6.08 Å². The molecule has 138 valence electrons. The average molecular weight is 421 g/mol. The Balaban J connectivity index is 2.01. The standard InChI is InChI=1S/C19H14Cl2N2O3S/c1-2-10-3-5-12(6-4-10)23-18(26)13(17(25)22-19(23)27)7-11-8-14(20)16(24)15(21)9-11/h3-9,24H,2H2,1H3,(H,22,25,27). The third-order valence-corrected chi connectivity index (χ3v) is 4.92. The lowest BCUT2D eigenvalue weighted by Crippen LogP contribution is -2.54. The summed E-state index contributed by atoms with van der Waals surface area (Å²) in [6.45, 7) is 2.03. The number of thiocarbonyl (C=S) groups is 1. The maximum absolute atomic E-state index is 12.9. The topological polar surface area (TPSA) is 69.6 Å². The summed E-state index contributed by atoms with van der Waals surface area (Å²) in [7, 11) is 0. The van der Waals surface area contributed by atoms with Gasteiger partial charge < -0.3 is 5.11 Å². The molecule has 5 nitrogen and oxygen atoms in total. The minimum absolute atomic E-state index is 0.00756. The predicted molar refractivity (Wildman–Crippen MR) is 110 cm³/mol. The molecule has 2 amide bonds. The Labute approximate surface area is 171 Å². The second kappa shape index (κ2) is 7.68. The fraction of sp³-hybridized carbons (Fsp3) is 0.105. The Kier molecular flexibility index (Phi) is 5.51. The lowest BCUT2D eigenvalue weighted by Gasteiger charge is -2.29. The minimum Gasteiger partial charge on any atom is -0.505 e. The summed E-state index contributed by atoms with van der Waals surface area (Å²) in [5.74, 6) is -1.45. The molecule has 0 unspecified atom stereocenters. The van der Waals surface area contributed by atoms with E-state index >= 15 is 0 Å². The molecule has 3 rings (SSSR count). The molecule has 1 aliphatic heterocycles. The van der Waals surface area contributed by atoms with Crippen LogP contribution >= 0.6 is 35.4 Å². The lowest BCUT2D eigenvalue weighted by molar-refractivity contribution is -0.122. The van der Waals surface area contributed by atoms with Gasteiger partial charge in [-0.15, -0.1) is 0 Å². The van der Waals surface area contributed by atoms with Crippen molar-refractivity contribution in [3.05, 3.63) is 63.1 Å². The van der Waals surface area contributed by atoms with Gasteiger partial charge in [-0.25, -0.2) is 0 Å². The number of nitrogens with one attached hydrogen (secondary N) is 1. The summed E-state index contributed by atoms with van der Waals surface area (Å²) >= 11 is 17.0. The number of amides is 2. The van der Waals surface area contributed by atoms with Crippen molar-refractivity contribution in [2.24, 2.45) is 0 Å². The van der Waals surface area contributed by atoms with Crippen molar-refractivity contribution in [1.29, 1.82) is 0 Å². The van der Waals surface area contributed by atoms with Crippen LogP contribution in [0.4, 0.5) is 5.69 Å². The van der Waals surface area contributed by atoms with Gasteiger partial charge in [-0.1, -0.05) is 42.3 Å². The van der Waals surface area contributed by atoms with Crippen LogP contribution in [0.5, 0.6) is 5.75 Å². The van der Waals surface area contributed by atoms with Gasteiger partial charge in [0.25, 0.3) is 11.8 Å². The highest BCUT2D eigenvalue weighted by Gasteiger charge is 2.34. The van der Waals surface area contributed by atoms with Crippen molar-refractivity contribution in [3.8, 4) is 5.75 Å². The number of carbonyl (C=O) groups is 2. The van der Waals surface area contributed by atoms with Crippen LogP contribution in [0, 0.1) is 0 Å². The second-order valence-electron chi connectivity index (χ2n) is 5.81. The highest BCUT2D eigenvalue weighted by Crippen LogP contribution is 2.33. The van der Waals surface area contributed by atoms with E-state index in [1.807, 2.05) is 19.1 Å². The molecule has 2 aromatic carbocycles. The first-order valence-corrected chi connectivity index (χ1v) is 9.16. The average Bonchev–Trinajstić information content (AvgIpc) is 2.63. The van der Waals surface area contributed by atoms with E-state index in [4.69, 9.17) is 35.4 Å². The normalized spacial score (nSPS) is 16.0. The molecular weight excluding hydrogens is 407 g/mol. The van der Waals surface area contributed by atoms with Gasteiger partial charge in [-0.05, 0) is 60.1 Å². The van der Waals surface area contributed by atoms with Gasteiger partial charge in [-0.2, -0.15) is 0 Å². The molecule has 0 atom stereocenters. The van der Waals surface area contributed by atoms with E-state index in [2.05, 4.69) is 5.32 Å². The Morgan fingerprint density at radius 1 is 1.15 bits per heavy atom. The molecule has 0 spiro atoms. The van der Waals surface area contributed by atoms with E-state index in [0.29, 0.717) is 11.3 Å². The fourth-order valence-corrected chi connectivity index (χ4v) is 3.39. The van der Waals surface area contributed by atoms with Gasteiger partial charge in [0.1, 0.15) is 5.57 Å². The first kappa shape index (κ1) is 19.4. The molecule has 27 heavy (non-hydrogen) atoms. The summed E-state index contributed by atoms with van der Waals surface area (Å²) in [6, 6.07) is 10.1. The van der Waals surface area contributed by atoms with Crippen LogP contribution in [0.2, 0.25) is 10.0 Å². The van der Waals surface area contributed by atoms with Crippen LogP contribution < -0.4 is 10.2 Å². The third-order valence-electron chi connectivity index (χ3n) is 4.05. The van der Waals surface area contributed by atoms with Gasteiger partial charge in [0.15, 0.2) is 10.9 Å². The number of phenols is 1. The molecule has 8 heteroatoms. The first-order valence-electron chi connectivity index (χ1n) is 8.00. The number of rotatable bonds is 3.